The van der Waals surface area contributed by atoms with Gasteiger partial charge in [-0.1, -0.05) is 12.1 Å². The average molecular weight is 439 g/mol. The lowest BCUT2D eigenvalue weighted by molar-refractivity contribution is -0.158. The molecule has 7 nitrogen and oxygen atoms in total. The molecule has 3 heterocycles. The van der Waals surface area contributed by atoms with E-state index in [2.05, 4.69) is 10.3 Å². The standard InChI is InChI=1S/C24H27FN4O3/c1-15-12-16(9-10-27-15)13-20-21(22(30)26-2)29(23(20)31)24(32)28-11-3-4-18(14-28)17-5-7-19(25)8-6-17/h5-10,12,18,20-21H,3-4,11,13-14H2,1-2H3,(H,26,30)/t18-,20-,21+/m1/s1. The van der Waals surface area contributed by atoms with Crippen LogP contribution in [-0.4, -0.2) is 58.8 Å². The van der Waals surface area contributed by atoms with Gasteiger partial charge >= 0.3 is 6.03 Å². The molecule has 0 radical (unpaired) electrons. The highest BCUT2D eigenvalue weighted by atomic mass is 19.1. The fraction of sp³-hybridized carbons (Fsp3) is 0.417. The van der Waals surface area contributed by atoms with Crippen molar-refractivity contribution in [1.29, 1.82) is 0 Å². The molecule has 0 aliphatic carbocycles. The van der Waals surface area contributed by atoms with Gasteiger partial charge in [-0.2, -0.15) is 0 Å². The number of rotatable bonds is 4. The van der Waals surface area contributed by atoms with Crippen LogP contribution in [0, 0.1) is 18.7 Å². The largest absolute Gasteiger partial charge is 0.357 e. The van der Waals surface area contributed by atoms with E-state index in [1.54, 1.807) is 23.2 Å². The second kappa shape index (κ2) is 9.06. The number of piperidine rings is 1. The number of likely N-dealkylation sites (tertiary alicyclic amines) is 2. The van der Waals surface area contributed by atoms with Gasteiger partial charge in [-0.05, 0) is 61.6 Å². The van der Waals surface area contributed by atoms with Crippen LogP contribution in [0.2, 0.25) is 0 Å². The maximum absolute atomic E-state index is 13.3. The monoisotopic (exact) mass is 438 g/mol. The Bertz CT molecular complexity index is 1030. The van der Waals surface area contributed by atoms with E-state index in [0.29, 0.717) is 19.5 Å². The molecule has 2 aliphatic heterocycles. The Morgan fingerprint density at radius 1 is 1.22 bits per heavy atom. The van der Waals surface area contributed by atoms with Crippen molar-refractivity contribution in [1.82, 2.24) is 20.1 Å². The highest BCUT2D eigenvalue weighted by Gasteiger charge is 2.55. The number of benzene rings is 1. The quantitative estimate of drug-likeness (QED) is 0.744. The Labute approximate surface area is 186 Å². The van der Waals surface area contributed by atoms with Gasteiger partial charge in [0.1, 0.15) is 11.9 Å². The molecule has 3 atom stereocenters. The number of nitrogens with one attached hydrogen (secondary N) is 1. The highest BCUT2D eigenvalue weighted by molar-refractivity contribution is 6.09. The number of likely N-dealkylation sites (N-methyl/N-ethyl adjacent to an activating group) is 1. The predicted molar refractivity (Wildman–Crippen MR) is 116 cm³/mol. The number of aryl methyl sites for hydroxylation is 1. The summed E-state index contributed by atoms with van der Waals surface area (Å²) in [6.45, 7) is 2.82. The number of β-lactam (4-membered cyclic amide) rings is 1. The van der Waals surface area contributed by atoms with Gasteiger partial charge in [0.2, 0.25) is 11.8 Å². The van der Waals surface area contributed by atoms with Crippen LogP contribution in [0.25, 0.3) is 0 Å². The summed E-state index contributed by atoms with van der Waals surface area (Å²) in [5, 5.41) is 2.59. The SMILES string of the molecule is CNC(=O)[C@@H]1[C@@H](Cc2ccnc(C)c2)C(=O)N1C(=O)N1CCC[C@@H](c2ccc(F)cc2)C1. The van der Waals surface area contributed by atoms with E-state index in [-0.39, 0.29) is 23.5 Å². The molecule has 1 aromatic carbocycles. The molecule has 1 N–H and O–H groups in total. The number of halogens is 1. The fourth-order valence-electron chi connectivity index (χ4n) is 4.70. The van der Waals surface area contributed by atoms with Gasteiger partial charge in [0, 0.05) is 37.9 Å². The van der Waals surface area contributed by atoms with Gasteiger partial charge < -0.3 is 10.2 Å². The fourth-order valence-corrected chi connectivity index (χ4v) is 4.70. The molecule has 2 fully saturated rings. The summed E-state index contributed by atoms with van der Waals surface area (Å²) in [5.74, 6) is -1.49. The smallest absolute Gasteiger partial charge is 0.327 e. The van der Waals surface area contributed by atoms with Gasteiger partial charge in [0.25, 0.3) is 0 Å². The van der Waals surface area contributed by atoms with Crippen molar-refractivity contribution in [2.75, 3.05) is 20.1 Å². The Morgan fingerprint density at radius 3 is 2.66 bits per heavy atom. The van der Waals surface area contributed by atoms with Crippen LogP contribution in [0.1, 0.15) is 35.6 Å². The summed E-state index contributed by atoms with van der Waals surface area (Å²) >= 11 is 0. The third-order valence-corrected chi connectivity index (χ3v) is 6.39. The summed E-state index contributed by atoms with van der Waals surface area (Å²) in [7, 11) is 1.51. The molecule has 168 valence electrons. The number of hydrogen-bond acceptors (Lipinski definition) is 4. The number of aromatic nitrogens is 1. The minimum atomic E-state index is -0.834. The van der Waals surface area contributed by atoms with Crippen molar-refractivity contribution >= 4 is 17.8 Å². The summed E-state index contributed by atoms with van der Waals surface area (Å²) < 4.78 is 13.3. The first-order chi connectivity index (χ1) is 15.4. The first-order valence-corrected chi connectivity index (χ1v) is 10.9. The number of urea groups is 1. The number of imide groups is 1. The average Bonchev–Trinajstić information content (AvgIpc) is 2.80. The van der Waals surface area contributed by atoms with E-state index in [0.717, 1.165) is 34.6 Å². The van der Waals surface area contributed by atoms with Crippen LogP contribution in [0.4, 0.5) is 9.18 Å². The zero-order valence-electron chi connectivity index (χ0n) is 18.3. The predicted octanol–water partition coefficient (Wildman–Crippen LogP) is 2.64. The van der Waals surface area contributed by atoms with E-state index in [1.807, 2.05) is 19.1 Å². The van der Waals surface area contributed by atoms with Crippen LogP contribution in [-0.2, 0) is 16.0 Å². The molecule has 2 aliphatic rings. The zero-order chi connectivity index (χ0) is 22.8. The summed E-state index contributed by atoms with van der Waals surface area (Å²) in [6, 6.07) is 8.76. The third-order valence-electron chi connectivity index (χ3n) is 6.39. The minimum Gasteiger partial charge on any atom is -0.357 e. The van der Waals surface area contributed by atoms with Gasteiger partial charge in [-0.15, -0.1) is 0 Å². The lowest BCUT2D eigenvalue weighted by Crippen LogP contribution is -2.70. The first-order valence-electron chi connectivity index (χ1n) is 10.9. The van der Waals surface area contributed by atoms with Crippen LogP contribution >= 0.6 is 0 Å². The van der Waals surface area contributed by atoms with Crippen LogP contribution in [0.5, 0.6) is 0 Å². The molecule has 2 aromatic rings. The topological polar surface area (TPSA) is 82.6 Å². The van der Waals surface area contributed by atoms with Crippen molar-refractivity contribution in [3.05, 3.63) is 65.2 Å². The van der Waals surface area contributed by atoms with E-state index in [4.69, 9.17) is 0 Å². The number of carbonyl (C=O) groups is 3. The van der Waals surface area contributed by atoms with Gasteiger partial charge in [0.15, 0.2) is 0 Å². The Balaban J connectivity index is 1.49. The maximum Gasteiger partial charge on any atom is 0.327 e. The molecular formula is C24H27FN4O3. The minimum absolute atomic E-state index is 0.0683. The van der Waals surface area contributed by atoms with Gasteiger partial charge in [-0.25, -0.2) is 9.18 Å². The van der Waals surface area contributed by atoms with Crippen molar-refractivity contribution in [2.45, 2.75) is 38.1 Å². The molecule has 0 spiro atoms. The second-order valence-corrected chi connectivity index (χ2v) is 8.50. The van der Waals surface area contributed by atoms with Crippen LogP contribution in [0.15, 0.2) is 42.6 Å². The second-order valence-electron chi connectivity index (χ2n) is 8.50. The van der Waals surface area contributed by atoms with E-state index >= 15 is 0 Å². The maximum atomic E-state index is 13.3. The molecular weight excluding hydrogens is 411 g/mol. The molecule has 2 saturated heterocycles. The van der Waals surface area contributed by atoms with E-state index in [1.165, 1.54) is 19.2 Å². The van der Waals surface area contributed by atoms with E-state index < -0.39 is 18.0 Å². The number of nitrogens with zero attached hydrogens (tertiary/aromatic N) is 3. The summed E-state index contributed by atoms with van der Waals surface area (Å²) in [6.07, 6.45) is 3.71. The number of amides is 4. The first kappa shape index (κ1) is 21.9. The summed E-state index contributed by atoms with van der Waals surface area (Å²) in [5.41, 5.74) is 2.71. The summed E-state index contributed by atoms with van der Waals surface area (Å²) in [4.78, 5) is 45.8. The molecule has 0 saturated carbocycles. The number of carbonyl (C=O) groups excluding carboxylic acids is 3. The van der Waals surface area contributed by atoms with Crippen molar-refractivity contribution in [2.24, 2.45) is 5.92 Å². The van der Waals surface area contributed by atoms with Crippen LogP contribution in [0.3, 0.4) is 0 Å². The Morgan fingerprint density at radius 2 is 1.97 bits per heavy atom. The van der Waals surface area contributed by atoms with E-state index in [9.17, 15) is 18.8 Å². The zero-order valence-corrected chi connectivity index (χ0v) is 18.3. The molecule has 4 rings (SSSR count). The van der Waals surface area contributed by atoms with Gasteiger partial charge in [-0.3, -0.25) is 19.5 Å². The van der Waals surface area contributed by atoms with Gasteiger partial charge in [0.05, 0.1) is 5.92 Å². The highest BCUT2D eigenvalue weighted by Crippen LogP contribution is 2.34. The lowest BCUT2D eigenvalue weighted by atomic mass is 9.81. The van der Waals surface area contributed by atoms with Crippen LogP contribution < -0.4 is 5.32 Å². The normalized spacial score (nSPS) is 23.0. The Hall–Kier alpha value is -3.29. The van der Waals surface area contributed by atoms with Crippen molar-refractivity contribution in [3.63, 3.8) is 0 Å². The van der Waals surface area contributed by atoms with Crippen molar-refractivity contribution in [3.8, 4) is 0 Å². The molecule has 32 heavy (non-hydrogen) atoms. The molecule has 1 aromatic heterocycles. The lowest BCUT2D eigenvalue weighted by Gasteiger charge is -2.47. The Kier molecular flexibility index (Phi) is 6.21. The molecule has 8 heteroatoms. The van der Waals surface area contributed by atoms with Crippen molar-refractivity contribution < 1.29 is 18.8 Å². The third kappa shape index (κ3) is 4.22. The number of hydrogen-bond donors (Lipinski definition) is 1. The number of pyridine rings is 1. The molecule has 0 unspecified atom stereocenters. The molecule has 0 bridgehead atoms. The molecule has 4 amide bonds.